The topological polar surface area (TPSA) is 84.7 Å². The van der Waals surface area contributed by atoms with E-state index in [2.05, 4.69) is 14.9 Å². The molecule has 0 aromatic heterocycles. The predicted octanol–water partition coefficient (Wildman–Crippen LogP) is 1.11. The van der Waals surface area contributed by atoms with Gasteiger partial charge in [0.05, 0.1) is 19.8 Å². The van der Waals surface area contributed by atoms with Crippen molar-refractivity contribution in [2.24, 2.45) is 0 Å². The van der Waals surface area contributed by atoms with Gasteiger partial charge in [-0.15, -0.1) is 5.43 Å². The molecular weight excluding hydrogens is 288 g/mol. The number of benzene rings is 1. The van der Waals surface area contributed by atoms with Gasteiger partial charge in [0.15, 0.2) is 6.21 Å². The van der Waals surface area contributed by atoms with E-state index in [0.29, 0.717) is 11.3 Å². The number of methoxy groups -OCH3 is 2. The first-order valence-electron chi connectivity index (χ1n) is 6.57. The summed E-state index contributed by atoms with van der Waals surface area (Å²) in [5, 5.41) is 0. The largest absolute Gasteiger partial charge is 0.469 e. The summed E-state index contributed by atoms with van der Waals surface area (Å²) in [5.74, 6) is -1.63. The number of hydrogen-bond donors (Lipinski definition) is 1. The zero-order valence-corrected chi connectivity index (χ0v) is 13.0. The molecule has 1 N–H and O–H groups in total. The number of nitrogens with zero attached hydrogens (tertiary/aromatic N) is 1. The molecule has 0 unspecified atom stereocenters. The number of carbonyl (C=O) groups excluding carboxylic acids is 3. The van der Waals surface area contributed by atoms with Crippen LogP contribution in [0.4, 0.5) is 5.69 Å². The van der Waals surface area contributed by atoms with Gasteiger partial charge < -0.3 is 9.47 Å². The number of amides is 1. The minimum Gasteiger partial charge on any atom is -0.469 e. The third kappa shape index (κ3) is 4.41. The molecule has 0 aliphatic heterocycles. The Kier molecular flexibility index (Phi) is 6.25. The average Bonchev–Trinajstić information content (AvgIpc) is 2.52. The lowest BCUT2D eigenvalue weighted by molar-refractivity contribution is -0.489. The van der Waals surface area contributed by atoms with Gasteiger partial charge in [0.2, 0.25) is 5.69 Å². The van der Waals surface area contributed by atoms with Crippen LogP contribution in [-0.4, -0.2) is 43.0 Å². The molecule has 1 aromatic rings. The number of nitrogens with one attached hydrogen (secondary N) is 1. The van der Waals surface area contributed by atoms with Gasteiger partial charge in [-0.05, 0) is 13.0 Å². The van der Waals surface area contributed by atoms with Crippen LogP contribution in [-0.2, 0) is 19.1 Å². The highest BCUT2D eigenvalue weighted by molar-refractivity contribution is 5.94. The van der Waals surface area contributed by atoms with Crippen molar-refractivity contribution < 1.29 is 28.5 Å². The minimum absolute atomic E-state index is 0.358. The van der Waals surface area contributed by atoms with Gasteiger partial charge in [-0.1, -0.05) is 10.8 Å². The molecule has 0 atom stereocenters. The van der Waals surface area contributed by atoms with Crippen molar-refractivity contribution in [3.63, 3.8) is 0 Å². The molecule has 0 bridgehead atoms. The van der Waals surface area contributed by atoms with Gasteiger partial charge in [-0.2, -0.15) is 0 Å². The maximum atomic E-state index is 11.8. The third-order valence-electron chi connectivity index (χ3n) is 2.93. The van der Waals surface area contributed by atoms with Crippen molar-refractivity contribution in [2.75, 3.05) is 14.2 Å². The first-order valence-corrected chi connectivity index (χ1v) is 6.57. The summed E-state index contributed by atoms with van der Waals surface area (Å²) in [7, 11) is 2.51. The van der Waals surface area contributed by atoms with Gasteiger partial charge in [0.25, 0.3) is 5.91 Å². The summed E-state index contributed by atoms with van der Waals surface area (Å²) in [6.45, 7) is 3.54. The minimum atomic E-state index is -0.631. The van der Waals surface area contributed by atoms with Crippen LogP contribution in [0.3, 0.4) is 0 Å². The molecule has 0 heterocycles. The van der Waals surface area contributed by atoms with Crippen molar-refractivity contribution in [1.82, 2.24) is 5.43 Å². The summed E-state index contributed by atoms with van der Waals surface area (Å²) in [6.07, 6.45) is 1.22. The van der Waals surface area contributed by atoms with Crippen molar-refractivity contribution in [2.45, 2.75) is 20.3 Å². The number of ether oxygens (including phenoxy) is 2. The van der Waals surface area contributed by atoms with Crippen LogP contribution >= 0.6 is 0 Å². The van der Waals surface area contributed by atoms with Crippen molar-refractivity contribution >= 4 is 29.7 Å². The molecule has 22 heavy (non-hydrogen) atoms. The van der Waals surface area contributed by atoms with E-state index >= 15 is 0 Å². The molecule has 1 rings (SSSR count). The highest BCUT2D eigenvalue weighted by atomic mass is 16.5. The standard InChI is InChI=1S/C15H18N2O5/c1-5-17(16-13(18)9-14(19)21-3)12-8-11(15(20)22-4)7-6-10(12)2/h5-8H,9H2,1-4H3/p+1. The van der Waals surface area contributed by atoms with Crippen LogP contribution in [0.1, 0.15) is 29.3 Å². The summed E-state index contributed by atoms with van der Waals surface area (Å²) in [5.41, 5.74) is 4.36. The van der Waals surface area contributed by atoms with E-state index in [4.69, 9.17) is 0 Å². The molecule has 0 aliphatic carbocycles. The number of hydrazine groups is 1. The van der Waals surface area contributed by atoms with Gasteiger partial charge in [-0.3, -0.25) is 9.59 Å². The molecule has 1 aromatic carbocycles. The van der Waals surface area contributed by atoms with Crippen LogP contribution in [0.25, 0.3) is 0 Å². The molecule has 0 radical (unpaired) electrons. The number of hydrogen-bond acceptors (Lipinski definition) is 5. The lowest BCUT2D eigenvalue weighted by atomic mass is 10.1. The fourth-order valence-electron chi connectivity index (χ4n) is 1.75. The highest BCUT2D eigenvalue weighted by Gasteiger charge is 2.20. The molecule has 0 saturated carbocycles. The van der Waals surface area contributed by atoms with E-state index < -0.39 is 24.3 Å². The maximum absolute atomic E-state index is 11.8. The van der Waals surface area contributed by atoms with E-state index in [1.165, 1.54) is 18.9 Å². The van der Waals surface area contributed by atoms with Crippen molar-refractivity contribution in [3.05, 3.63) is 29.3 Å². The molecule has 7 heteroatoms. The molecule has 0 fully saturated rings. The Hall–Kier alpha value is -2.70. The number of carbonyl (C=O) groups is 3. The van der Waals surface area contributed by atoms with Crippen LogP contribution < -0.4 is 5.43 Å². The number of hydrazone groups is 1. The van der Waals surface area contributed by atoms with Crippen LogP contribution in [0.15, 0.2) is 18.2 Å². The molecule has 1 amide bonds. The lowest BCUT2D eigenvalue weighted by Gasteiger charge is -2.07. The zero-order chi connectivity index (χ0) is 16.7. The van der Waals surface area contributed by atoms with Gasteiger partial charge in [0.1, 0.15) is 6.42 Å². The fraction of sp³-hybridized carbons (Fsp3) is 0.333. The lowest BCUT2D eigenvalue weighted by Crippen LogP contribution is -2.34. The van der Waals surface area contributed by atoms with E-state index in [1.807, 2.05) is 6.92 Å². The van der Waals surface area contributed by atoms with Crippen molar-refractivity contribution in [3.8, 4) is 0 Å². The Balaban J connectivity index is 3.03. The average molecular weight is 307 g/mol. The molecule has 118 valence electrons. The molecule has 7 nitrogen and oxygen atoms in total. The third-order valence-corrected chi connectivity index (χ3v) is 2.93. The number of aryl methyl sites for hydroxylation is 1. The second-order valence-corrected chi connectivity index (χ2v) is 4.41. The van der Waals surface area contributed by atoms with Crippen molar-refractivity contribution in [1.29, 1.82) is 0 Å². The summed E-state index contributed by atoms with van der Waals surface area (Å²) >= 11 is 0. The summed E-state index contributed by atoms with van der Waals surface area (Å²) in [4.78, 5) is 34.5. The van der Waals surface area contributed by atoms with E-state index in [0.717, 1.165) is 5.56 Å². The Bertz CT molecular complexity index is 622. The highest BCUT2D eigenvalue weighted by Crippen LogP contribution is 2.19. The molecule has 0 spiro atoms. The number of rotatable bonds is 5. The van der Waals surface area contributed by atoms with E-state index in [9.17, 15) is 14.4 Å². The Morgan fingerprint density at radius 2 is 1.91 bits per heavy atom. The Labute approximate surface area is 128 Å². The van der Waals surface area contributed by atoms with Gasteiger partial charge in [0, 0.05) is 18.6 Å². The quantitative estimate of drug-likeness (QED) is 0.290. The maximum Gasteiger partial charge on any atom is 0.338 e. The second-order valence-electron chi connectivity index (χ2n) is 4.41. The predicted molar refractivity (Wildman–Crippen MR) is 79.0 cm³/mol. The second kappa shape index (κ2) is 7.92. The van der Waals surface area contributed by atoms with Crippen LogP contribution in [0.2, 0.25) is 0 Å². The SMILES string of the molecule is CC=[N+](NC(=O)CC(=O)OC)c1cc(C(=O)OC)ccc1C. The van der Waals surface area contributed by atoms with Crippen LogP contribution in [0.5, 0.6) is 0 Å². The molecule has 0 aliphatic rings. The van der Waals surface area contributed by atoms with Gasteiger partial charge in [-0.25, -0.2) is 4.79 Å². The monoisotopic (exact) mass is 307 g/mol. The van der Waals surface area contributed by atoms with E-state index in [1.54, 1.807) is 31.3 Å². The van der Waals surface area contributed by atoms with E-state index in [-0.39, 0.29) is 0 Å². The summed E-state index contributed by atoms with van der Waals surface area (Å²) in [6, 6.07) is 4.97. The van der Waals surface area contributed by atoms with Gasteiger partial charge >= 0.3 is 11.9 Å². The Morgan fingerprint density at radius 3 is 2.45 bits per heavy atom. The fourth-order valence-corrected chi connectivity index (χ4v) is 1.75. The number of esters is 2. The molecular formula is C15H19N2O5+. The van der Waals surface area contributed by atoms with Crippen LogP contribution in [0, 0.1) is 6.92 Å². The smallest absolute Gasteiger partial charge is 0.338 e. The molecule has 0 saturated heterocycles. The normalized spacial score (nSPS) is 10.8. The summed E-state index contributed by atoms with van der Waals surface area (Å²) < 4.78 is 10.6. The zero-order valence-electron chi connectivity index (χ0n) is 13.0. The Morgan fingerprint density at radius 1 is 1.23 bits per heavy atom. The first kappa shape index (κ1) is 17.4. The first-order chi connectivity index (χ1) is 10.4.